The fraction of sp³-hybridized carbons (Fsp3) is 0.280. The Morgan fingerprint density at radius 1 is 1.09 bits per heavy atom. The highest BCUT2D eigenvalue weighted by molar-refractivity contribution is 5.90. The summed E-state index contributed by atoms with van der Waals surface area (Å²) < 4.78 is 6.37. The maximum Gasteiger partial charge on any atom is 0.338 e. The summed E-state index contributed by atoms with van der Waals surface area (Å²) in [5.41, 5.74) is 0.0241. The number of esters is 1. The number of aromatic amines is 1. The summed E-state index contributed by atoms with van der Waals surface area (Å²) in [6.45, 7) is 6.96. The van der Waals surface area contributed by atoms with Crippen LogP contribution in [-0.4, -0.2) is 58.0 Å². The number of hydrogen-bond acceptors (Lipinski definition) is 7. The number of H-pyrrole nitrogens is 1. The van der Waals surface area contributed by atoms with Crippen molar-refractivity contribution in [2.75, 3.05) is 26.2 Å². The minimum Gasteiger partial charge on any atom is -0.494 e. The first-order valence-corrected chi connectivity index (χ1v) is 11.1. The topological polar surface area (TPSA) is 117 Å². The summed E-state index contributed by atoms with van der Waals surface area (Å²) in [4.78, 5) is 45.2. The van der Waals surface area contributed by atoms with Gasteiger partial charge in [-0.3, -0.25) is 19.3 Å². The molecule has 9 nitrogen and oxygen atoms in total. The van der Waals surface area contributed by atoms with Gasteiger partial charge in [0.05, 0.1) is 17.8 Å². The van der Waals surface area contributed by atoms with E-state index in [-0.39, 0.29) is 12.1 Å². The Morgan fingerprint density at radius 2 is 1.76 bits per heavy atom. The van der Waals surface area contributed by atoms with Gasteiger partial charge in [-0.05, 0) is 42.9 Å². The zero-order chi connectivity index (χ0) is 24.5. The van der Waals surface area contributed by atoms with E-state index in [2.05, 4.69) is 28.7 Å². The molecule has 0 aliphatic heterocycles. The molecule has 34 heavy (non-hydrogen) atoms. The van der Waals surface area contributed by atoms with Crippen molar-refractivity contribution in [2.24, 2.45) is 4.99 Å². The number of hydrogen-bond donors (Lipinski definition) is 2. The minimum atomic E-state index is -0.746. The summed E-state index contributed by atoms with van der Waals surface area (Å²) in [5.74, 6) is -0.903. The molecule has 0 amide bonds. The lowest BCUT2D eigenvalue weighted by molar-refractivity contribution is 0.0466. The summed E-state index contributed by atoms with van der Waals surface area (Å²) in [5, 5.41) is 10.6. The van der Waals surface area contributed by atoms with Crippen LogP contribution >= 0.6 is 0 Å². The third-order valence-corrected chi connectivity index (χ3v) is 5.37. The first kappa shape index (κ1) is 24.7. The number of carbonyl (C=O) groups excluding carboxylic acids is 1. The van der Waals surface area contributed by atoms with Gasteiger partial charge in [-0.1, -0.05) is 44.2 Å². The molecule has 2 aromatic carbocycles. The number of nitrogens with one attached hydrogen (secondary N) is 1. The van der Waals surface area contributed by atoms with Crippen LogP contribution in [0.1, 0.15) is 35.3 Å². The molecular weight excluding hydrogens is 436 g/mol. The molecule has 3 rings (SSSR count). The van der Waals surface area contributed by atoms with Crippen molar-refractivity contribution < 1.29 is 14.6 Å². The fourth-order valence-corrected chi connectivity index (χ4v) is 3.32. The van der Waals surface area contributed by atoms with Crippen molar-refractivity contribution >= 4 is 17.9 Å². The molecule has 3 aromatic rings. The maximum absolute atomic E-state index is 12.2. The normalized spacial score (nSPS) is 11.3. The van der Waals surface area contributed by atoms with Crippen LogP contribution in [-0.2, 0) is 11.3 Å². The van der Waals surface area contributed by atoms with E-state index in [0.717, 1.165) is 23.2 Å². The molecule has 0 atom stereocenters. The number of aromatic nitrogens is 2. The zero-order valence-electron chi connectivity index (χ0n) is 19.2. The van der Waals surface area contributed by atoms with E-state index >= 15 is 0 Å². The van der Waals surface area contributed by atoms with Gasteiger partial charge in [-0.15, -0.1) is 0 Å². The lowest BCUT2D eigenvalue weighted by Crippen LogP contribution is -2.32. The molecule has 0 unspecified atom stereocenters. The average Bonchev–Trinajstić information content (AvgIpc) is 2.85. The Kier molecular flexibility index (Phi) is 8.53. The molecular formula is C25H28N4O5. The molecule has 1 heterocycles. The number of aliphatic imine (C=N–C) groups is 1. The lowest BCUT2D eigenvalue weighted by Gasteiger charge is -2.17. The lowest BCUT2D eigenvalue weighted by atomic mass is 10.2. The predicted octanol–water partition coefficient (Wildman–Crippen LogP) is 2.54. The Bertz CT molecular complexity index is 1240. The van der Waals surface area contributed by atoms with Gasteiger partial charge in [0.25, 0.3) is 5.56 Å². The number of rotatable bonds is 10. The van der Waals surface area contributed by atoms with Crippen molar-refractivity contribution in [3.05, 3.63) is 92.1 Å². The van der Waals surface area contributed by atoms with Crippen LogP contribution in [0.4, 0.5) is 5.69 Å². The van der Waals surface area contributed by atoms with Crippen LogP contribution in [0.2, 0.25) is 0 Å². The number of likely N-dealkylation sites (N-methyl/N-ethyl adjacent to an activating group) is 1. The number of carbonyl (C=O) groups is 1. The van der Waals surface area contributed by atoms with Crippen molar-refractivity contribution in [1.29, 1.82) is 0 Å². The van der Waals surface area contributed by atoms with E-state index in [4.69, 9.17) is 4.74 Å². The number of nitrogens with zero attached hydrogens (tertiary/aromatic N) is 3. The molecule has 0 saturated carbocycles. The Balaban J connectivity index is 1.71. The van der Waals surface area contributed by atoms with E-state index in [1.54, 1.807) is 36.4 Å². The second kappa shape index (κ2) is 11.8. The van der Waals surface area contributed by atoms with Gasteiger partial charge in [0, 0.05) is 12.8 Å². The van der Waals surface area contributed by atoms with Gasteiger partial charge < -0.3 is 14.7 Å². The van der Waals surface area contributed by atoms with Crippen LogP contribution in [0.3, 0.4) is 0 Å². The molecule has 9 heteroatoms. The molecule has 0 spiro atoms. The smallest absolute Gasteiger partial charge is 0.338 e. The van der Waals surface area contributed by atoms with Gasteiger partial charge in [0.1, 0.15) is 12.2 Å². The highest BCUT2D eigenvalue weighted by atomic mass is 16.5. The third kappa shape index (κ3) is 6.29. The molecule has 0 aliphatic rings. The summed E-state index contributed by atoms with van der Waals surface area (Å²) >= 11 is 0. The molecule has 0 fully saturated rings. The first-order chi connectivity index (χ1) is 16.4. The second-order valence-corrected chi connectivity index (χ2v) is 7.54. The summed E-state index contributed by atoms with van der Waals surface area (Å²) in [6, 6.07) is 15.4. The van der Waals surface area contributed by atoms with E-state index in [9.17, 15) is 19.5 Å². The molecule has 178 valence electrons. The van der Waals surface area contributed by atoms with E-state index in [1.165, 1.54) is 6.21 Å². The number of benzene rings is 2. The van der Waals surface area contributed by atoms with Gasteiger partial charge in [-0.2, -0.15) is 0 Å². The third-order valence-electron chi connectivity index (χ3n) is 5.37. The maximum atomic E-state index is 12.2. The monoisotopic (exact) mass is 464 g/mol. The molecule has 1 aromatic heterocycles. The average molecular weight is 465 g/mol. The fourth-order valence-electron chi connectivity index (χ4n) is 3.32. The van der Waals surface area contributed by atoms with Crippen LogP contribution in [0.15, 0.2) is 69.2 Å². The van der Waals surface area contributed by atoms with Crippen LogP contribution in [0, 0.1) is 0 Å². The summed E-state index contributed by atoms with van der Waals surface area (Å²) in [6.07, 6.45) is 1.19. The molecule has 0 radical (unpaired) electrons. The van der Waals surface area contributed by atoms with Gasteiger partial charge in [-0.25, -0.2) is 9.59 Å². The zero-order valence-corrected chi connectivity index (χ0v) is 19.2. The molecule has 0 saturated heterocycles. The van der Waals surface area contributed by atoms with E-state index in [0.29, 0.717) is 24.4 Å². The molecule has 0 bridgehead atoms. The quantitative estimate of drug-likeness (QED) is 0.352. The molecule has 0 aliphatic carbocycles. The largest absolute Gasteiger partial charge is 0.494 e. The minimum absolute atomic E-state index is 0.0915. The predicted molar refractivity (Wildman–Crippen MR) is 130 cm³/mol. The summed E-state index contributed by atoms with van der Waals surface area (Å²) in [7, 11) is 0. The SMILES string of the molecule is CCN(CC)CCOC(=O)c1ccc(N=Cc2c(O)n(Cc3ccccc3)c(=O)[nH]c2=O)cc1. The first-order valence-electron chi connectivity index (χ1n) is 11.1. The van der Waals surface area contributed by atoms with E-state index < -0.39 is 23.1 Å². The van der Waals surface area contributed by atoms with Crippen molar-refractivity contribution in [3.63, 3.8) is 0 Å². The van der Waals surface area contributed by atoms with Gasteiger partial charge >= 0.3 is 11.7 Å². The van der Waals surface area contributed by atoms with Crippen LogP contribution in [0.25, 0.3) is 0 Å². The van der Waals surface area contributed by atoms with Crippen molar-refractivity contribution in [2.45, 2.75) is 20.4 Å². The van der Waals surface area contributed by atoms with Gasteiger partial charge in [0.2, 0.25) is 5.88 Å². The number of ether oxygens (including phenoxy) is 1. The van der Waals surface area contributed by atoms with Crippen LogP contribution < -0.4 is 11.2 Å². The van der Waals surface area contributed by atoms with Crippen molar-refractivity contribution in [1.82, 2.24) is 14.5 Å². The van der Waals surface area contributed by atoms with Crippen LogP contribution in [0.5, 0.6) is 5.88 Å². The Labute approximate surface area is 197 Å². The number of aromatic hydroxyl groups is 1. The van der Waals surface area contributed by atoms with E-state index in [1.807, 2.05) is 18.2 Å². The molecule has 2 N–H and O–H groups in total. The van der Waals surface area contributed by atoms with Crippen molar-refractivity contribution in [3.8, 4) is 5.88 Å². The Hall–Kier alpha value is -3.98. The van der Waals surface area contributed by atoms with Gasteiger partial charge in [0.15, 0.2) is 0 Å². The highest BCUT2D eigenvalue weighted by Gasteiger charge is 2.13. The second-order valence-electron chi connectivity index (χ2n) is 7.54. The standard InChI is InChI=1S/C25H28N4O5/c1-3-28(4-2)14-15-34-24(32)19-10-12-20(13-11-19)26-16-21-22(30)27-25(33)29(23(21)31)17-18-8-6-5-7-9-18/h5-13,16,31H,3-4,14-15,17H2,1-2H3,(H,27,30,33). The highest BCUT2D eigenvalue weighted by Crippen LogP contribution is 2.16. The Morgan fingerprint density at radius 3 is 2.41 bits per heavy atom.